The molecule has 1 aromatic rings. The molecule has 112 valence electrons. The molecule has 0 heterocycles. The van der Waals surface area contributed by atoms with E-state index in [2.05, 4.69) is 12.2 Å². The van der Waals surface area contributed by atoms with E-state index in [1.54, 1.807) is 7.11 Å². The minimum atomic E-state index is -0.0725. The summed E-state index contributed by atoms with van der Waals surface area (Å²) in [5.41, 5.74) is 1.55. The molecule has 0 aliphatic carbocycles. The van der Waals surface area contributed by atoms with Crippen molar-refractivity contribution in [3.8, 4) is 0 Å². The van der Waals surface area contributed by atoms with Crippen molar-refractivity contribution < 1.29 is 14.6 Å². The third-order valence-electron chi connectivity index (χ3n) is 3.35. The van der Waals surface area contributed by atoms with Crippen molar-refractivity contribution >= 4 is 5.91 Å². The molecule has 1 rings (SSSR count). The van der Waals surface area contributed by atoms with Gasteiger partial charge in [-0.3, -0.25) is 4.79 Å². The number of methoxy groups -OCH3 is 1. The van der Waals surface area contributed by atoms with Crippen LogP contribution >= 0.6 is 0 Å². The molecule has 4 nitrogen and oxygen atoms in total. The SMILES string of the molecule is CCCC(CCO)CNC(=O)c1ccccc1COC. The van der Waals surface area contributed by atoms with Crippen LogP contribution in [0.1, 0.15) is 42.1 Å². The van der Waals surface area contributed by atoms with Gasteiger partial charge in [-0.15, -0.1) is 0 Å². The second-order valence-corrected chi connectivity index (χ2v) is 4.97. The number of benzene rings is 1. The fourth-order valence-corrected chi connectivity index (χ4v) is 2.29. The highest BCUT2D eigenvalue weighted by molar-refractivity contribution is 5.95. The van der Waals surface area contributed by atoms with Crippen LogP contribution in [-0.2, 0) is 11.3 Å². The van der Waals surface area contributed by atoms with Gasteiger partial charge < -0.3 is 15.2 Å². The summed E-state index contributed by atoms with van der Waals surface area (Å²) >= 11 is 0. The third kappa shape index (κ3) is 5.31. The van der Waals surface area contributed by atoms with Gasteiger partial charge in [-0.05, 0) is 30.4 Å². The fraction of sp³-hybridized carbons (Fsp3) is 0.562. The Hall–Kier alpha value is -1.39. The molecule has 0 aliphatic rings. The van der Waals surface area contributed by atoms with Gasteiger partial charge in [-0.25, -0.2) is 0 Å². The Labute approximate surface area is 121 Å². The molecule has 0 saturated heterocycles. The highest BCUT2D eigenvalue weighted by Crippen LogP contribution is 2.12. The largest absolute Gasteiger partial charge is 0.396 e. The maximum absolute atomic E-state index is 12.2. The van der Waals surface area contributed by atoms with Gasteiger partial charge in [0.15, 0.2) is 0 Å². The Morgan fingerprint density at radius 1 is 1.35 bits per heavy atom. The van der Waals surface area contributed by atoms with Crippen LogP contribution in [0.2, 0.25) is 0 Å². The van der Waals surface area contributed by atoms with Crippen molar-refractivity contribution in [1.82, 2.24) is 5.32 Å². The van der Waals surface area contributed by atoms with E-state index in [4.69, 9.17) is 9.84 Å². The van der Waals surface area contributed by atoms with Crippen molar-refractivity contribution in [2.24, 2.45) is 5.92 Å². The summed E-state index contributed by atoms with van der Waals surface area (Å²) < 4.78 is 5.11. The molecule has 0 saturated carbocycles. The monoisotopic (exact) mass is 279 g/mol. The van der Waals surface area contributed by atoms with E-state index < -0.39 is 0 Å². The number of ether oxygens (including phenoxy) is 1. The van der Waals surface area contributed by atoms with E-state index in [0.717, 1.165) is 24.8 Å². The lowest BCUT2D eigenvalue weighted by atomic mass is 10.00. The molecule has 1 unspecified atom stereocenters. The van der Waals surface area contributed by atoms with Crippen LogP contribution in [0.25, 0.3) is 0 Å². The van der Waals surface area contributed by atoms with E-state index in [9.17, 15) is 4.79 Å². The lowest BCUT2D eigenvalue weighted by Crippen LogP contribution is -2.30. The zero-order chi connectivity index (χ0) is 14.8. The summed E-state index contributed by atoms with van der Waals surface area (Å²) in [6.45, 7) is 3.31. The zero-order valence-electron chi connectivity index (χ0n) is 12.4. The molecule has 4 heteroatoms. The van der Waals surface area contributed by atoms with Gasteiger partial charge in [0.25, 0.3) is 5.91 Å². The van der Waals surface area contributed by atoms with E-state index >= 15 is 0 Å². The Kier molecular flexibility index (Phi) is 7.92. The van der Waals surface area contributed by atoms with Gasteiger partial charge in [-0.1, -0.05) is 31.5 Å². The maximum atomic E-state index is 12.2. The number of carbonyl (C=O) groups excluding carboxylic acids is 1. The highest BCUT2D eigenvalue weighted by Gasteiger charge is 2.13. The van der Waals surface area contributed by atoms with Crippen LogP contribution in [0.15, 0.2) is 24.3 Å². The molecule has 0 bridgehead atoms. The van der Waals surface area contributed by atoms with Crippen molar-refractivity contribution in [3.63, 3.8) is 0 Å². The first-order valence-electron chi connectivity index (χ1n) is 7.18. The lowest BCUT2D eigenvalue weighted by molar-refractivity contribution is 0.0938. The first-order valence-corrected chi connectivity index (χ1v) is 7.18. The van der Waals surface area contributed by atoms with Crippen LogP contribution in [0.3, 0.4) is 0 Å². The van der Waals surface area contributed by atoms with E-state index in [1.165, 1.54) is 0 Å². The van der Waals surface area contributed by atoms with Gasteiger partial charge >= 0.3 is 0 Å². The van der Waals surface area contributed by atoms with E-state index in [1.807, 2.05) is 24.3 Å². The Bertz CT molecular complexity index is 400. The lowest BCUT2D eigenvalue weighted by Gasteiger charge is -2.16. The molecule has 0 aromatic heterocycles. The van der Waals surface area contributed by atoms with E-state index in [-0.39, 0.29) is 12.5 Å². The standard InChI is InChI=1S/C16H25NO3/c1-3-6-13(9-10-18)11-17-16(19)15-8-5-4-7-14(15)12-20-2/h4-5,7-8,13,18H,3,6,9-12H2,1-2H3,(H,17,19). The summed E-state index contributed by atoms with van der Waals surface area (Å²) in [6.07, 6.45) is 2.80. The maximum Gasteiger partial charge on any atom is 0.251 e. The number of amides is 1. The average Bonchev–Trinajstić information content (AvgIpc) is 2.46. The minimum Gasteiger partial charge on any atom is -0.396 e. The van der Waals surface area contributed by atoms with E-state index in [0.29, 0.717) is 24.6 Å². The van der Waals surface area contributed by atoms with Crippen LogP contribution in [0.5, 0.6) is 0 Å². The van der Waals surface area contributed by atoms with Crippen LogP contribution in [-0.4, -0.2) is 31.3 Å². The average molecular weight is 279 g/mol. The van der Waals surface area contributed by atoms with Crippen LogP contribution in [0, 0.1) is 5.92 Å². The molecular formula is C16H25NO3. The molecule has 1 aromatic carbocycles. The number of hydrogen-bond donors (Lipinski definition) is 2. The molecule has 20 heavy (non-hydrogen) atoms. The predicted octanol–water partition coefficient (Wildman–Crippen LogP) is 2.36. The van der Waals surface area contributed by atoms with Gasteiger partial charge in [0.2, 0.25) is 0 Å². The molecule has 0 fully saturated rings. The van der Waals surface area contributed by atoms with Gasteiger partial charge in [-0.2, -0.15) is 0 Å². The number of nitrogens with one attached hydrogen (secondary N) is 1. The first-order chi connectivity index (χ1) is 9.72. The second kappa shape index (κ2) is 9.50. The molecular weight excluding hydrogens is 254 g/mol. The minimum absolute atomic E-state index is 0.0725. The van der Waals surface area contributed by atoms with Gasteiger partial charge in [0.05, 0.1) is 6.61 Å². The second-order valence-electron chi connectivity index (χ2n) is 4.97. The van der Waals surface area contributed by atoms with Crippen molar-refractivity contribution in [2.45, 2.75) is 32.8 Å². The Morgan fingerprint density at radius 2 is 2.10 bits per heavy atom. The summed E-state index contributed by atoms with van der Waals surface area (Å²) in [5, 5.41) is 12.0. The van der Waals surface area contributed by atoms with Gasteiger partial charge in [0, 0.05) is 25.8 Å². The number of hydrogen-bond acceptors (Lipinski definition) is 3. The molecule has 0 aliphatic heterocycles. The zero-order valence-corrected chi connectivity index (χ0v) is 12.4. The number of carbonyl (C=O) groups is 1. The smallest absolute Gasteiger partial charge is 0.251 e. The fourth-order valence-electron chi connectivity index (χ4n) is 2.29. The Balaban J connectivity index is 2.61. The Morgan fingerprint density at radius 3 is 2.75 bits per heavy atom. The number of aliphatic hydroxyl groups is 1. The molecule has 0 radical (unpaired) electrons. The quantitative estimate of drug-likeness (QED) is 0.729. The van der Waals surface area contributed by atoms with Crippen molar-refractivity contribution in [2.75, 3.05) is 20.3 Å². The summed E-state index contributed by atoms with van der Waals surface area (Å²) in [5.74, 6) is 0.264. The van der Waals surface area contributed by atoms with Crippen LogP contribution in [0.4, 0.5) is 0 Å². The van der Waals surface area contributed by atoms with Crippen molar-refractivity contribution in [1.29, 1.82) is 0 Å². The normalized spacial score (nSPS) is 12.2. The molecule has 2 N–H and O–H groups in total. The predicted molar refractivity (Wildman–Crippen MR) is 79.6 cm³/mol. The van der Waals surface area contributed by atoms with Gasteiger partial charge in [0.1, 0.15) is 0 Å². The highest BCUT2D eigenvalue weighted by atomic mass is 16.5. The summed E-state index contributed by atoms with van der Waals surface area (Å²) in [4.78, 5) is 12.2. The topological polar surface area (TPSA) is 58.6 Å². The third-order valence-corrected chi connectivity index (χ3v) is 3.35. The molecule has 1 atom stereocenters. The van der Waals surface area contributed by atoms with Crippen molar-refractivity contribution in [3.05, 3.63) is 35.4 Å². The molecule has 0 spiro atoms. The number of aliphatic hydroxyl groups excluding tert-OH is 1. The number of rotatable bonds is 9. The molecule has 1 amide bonds. The first kappa shape index (κ1) is 16.7. The van der Waals surface area contributed by atoms with Crippen LogP contribution < -0.4 is 5.32 Å². The summed E-state index contributed by atoms with van der Waals surface area (Å²) in [7, 11) is 1.62. The summed E-state index contributed by atoms with van der Waals surface area (Å²) in [6, 6.07) is 7.46.